The zero-order chi connectivity index (χ0) is 20.1. The maximum absolute atomic E-state index is 13.4. The SMILES string of the molecule is CC(=Nn1c(-c2ccc(F)cc2)csc1=NCc1ccccc1)c1ccccn1. The Bertz CT molecular complexity index is 1180. The summed E-state index contributed by atoms with van der Waals surface area (Å²) in [6, 6.07) is 22.2. The fourth-order valence-electron chi connectivity index (χ4n) is 2.84. The van der Waals surface area contributed by atoms with Crippen molar-refractivity contribution in [3.63, 3.8) is 0 Å². The van der Waals surface area contributed by atoms with Crippen LogP contribution in [0.4, 0.5) is 4.39 Å². The average Bonchev–Trinajstić information content (AvgIpc) is 3.16. The van der Waals surface area contributed by atoms with Crippen molar-refractivity contribution >= 4 is 17.0 Å². The molecular formula is C23H19FN4S. The quantitative estimate of drug-likeness (QED) is 0.427. The molecule has 4 aromatic rings. The Morgan fingerprint density at radius 2 is 1.76 bits per heavy atom. The highest BCUT2D eigenvalue weighted by Gasteiger charge is 2.09. The number of hydrogen-bond acceptors (Lipinski definition) is 4. The molecule has 0 aliphatic rings. The van der Waals surface area contributed by atoms with Crippen molar-refractivity contribution in [2.75, 3.05) is 0 Å². The number of hydrogen-bond donors (Lipinski definition) is 0. The van der Waals surface area contributed by atoms with Gasteiger partial charge >= 0.3 is 0 Å². The van der Waals surface area contributed by atoms with E-state index in [-0.39, 0.29) is 5.82 Å². The lowest BCUT2D eigenvalue weighted by molar-refractivity contribution is 0.628. The summed E-state index contributed by atoms with van der Waals surface area (Å²) in [4.78, 5) is 9.91. The fraction of sp³-hybridized carbons (Fsp3) is 0.0870. The molecule has 0 amide bonds. The second-order valence-electron chi connectivity index (χ2n) is 6.42. The van der Waals surface area contributed by atoms with E-state index in [0.29, 0.717) is 6.54 Å². The van der Waals surface area contributed by atoms with E-state index in [1.54, 1.807) is 18.3 Å². The van der Waals surface area contributed by atoms with Gasteiger partial charge in [-0.1, -0.05) is 36.4 Å². The van der Waals surface area contributed by atoms with Crippen LogP contribution in [0.1, 0.15) is 18.2 Å². The third-order valence-electron chi connectivity index (χ3n) is 4.35. The number of pyridine rings is 1. The first-order valence-electron chi connectivity index (χ1n) is 9.18. The number of rotatable bonds is 5. The molecule has 0 radical (unpaired) electrons. The molecule has 0 aliphatic carbocycles. The largest absolute Gasteiger partial charge is 0.255 e. The summed E-state index contributed by atoms with van der Waals surface area (Å²) in [6.45, 7) is 2.48. The van der Waals surface area contributed by atoms with Crippen molar-refractivity contribution in [1.29, 1.82) is 0 Å². The number of aromatic nitrogens is 2. The van der Waals surface area contributed by atoms with Gasteiger partial charge in [0.25, 0.3) is 0 Å². The van der Waals surface area contributed by atoms with Gasteiger partial charge in [-0.2, -0.15) is 5.10 Å². The summed E-state index contributed by atoms with van der Waals surface area (Å²) in [5.41, 5.74) is 4.43. The lowest BCUT2D eigenvalue weighted by atomic mass is 10.2. The molecule has 4 rings (SSSR count). The highest BCUT2D eigenvalue weighted by atomic mass is 32.1. The highest BCUT2D eigenvalue weighted by Crippen LogP contribution is 2.21. The highest BCUT2D eigenvalue weighted by molar-refractivity contribution is 7.07. The normalized spacial score (nSPS) is 12.3. The molecule has 0 saturated carbocycles. The summed E-state index contributed by atoms with van der Waals surface area (Å²) < 4.78 is 15.2. The Labute approximate surface area is 172 Å². The van der Waals surface area contributed by atoms with Gasteiger partial charge in [-0.05, 0) is 48.9 Å². The third kappa shape index (κ3) is 4.55. The van der Waals surface area contributed by atoms with E-state index < -0.39 is 0 Å². The van der Waals surface area contributed by atoms with Crippen molar-refractivity contribution in [2.45, 2.75) is 13.5 Å². The second-order valence-corrected chi connectivity index (χ2v) is 7.26. The van der Waals surface area contributed by atoms with Crippen LogP contribution in [0.5, 0.6) is 0 Å². The van der Waals surface area contributed by atoms with Crippen LogP contribution in [0.25, 0.3) is 11.3 Å². The predicted molar refractivity (Wildman–Crippen MR) is 115 cm³/mol. The second kappa shape index (κ2) is 8.75. The standard InChI is InChI=1S/C23H19FN4S/c1-17(21-9-5-6-14-25-21)27-28-22(19-10-12-20(24)13-11-19)16-29-23(28)26-15-18-7-3-2-4-8-18/h2-14,16H,15H2,1H3. The zero-order valence-electron chi connectivity index (χ0n) is 15.9. The molecule has 0 fully saturated rings. The van der Waals surface area contributed by atoms with Gasteiger partial charge in [0.1, 0.15) is 5.82 Å². The lowest BCUT2D eigenvalue weighted by Crippen LogP contribution is -2.15. The summed E-state index contributed by atoms with van der Waals surface area (Å²) in [5.74, 6) is -0.266. The van der Waals surface area contributed by atoms with Crippen LogP contribution >= 0.6 is 11.3 Å². The van der Waals surface area contributed by atoms with Gasteiger partial charge in [0, 0.05) is 17.1 Å². The molecule has 0 bridgehead atoms. The Kier molecular flexibility index (Phi) is 5.72. The van der Waals surface area contributed by atoms with E-state index in [4.69, 9.17) is 10.1 Å². The fourth-order valence-corrected chi connectivity index (χ4v) is 3.67. The Hall–Kier alpha value is -3.38. The lowest BCUT2D eigenvalue weighted by Gasteiger charge is -2.06. The van der Waals surface area contributed by atoms with Crippen LogP contribution in [-0.2, 0) is 6.54 Å². The van der Waals surface area contributed by atoms with Gasteiger partial charge in [0.05, 0.1) is 23.6 Å². The summed E-state index contributed by atoms with van der Waals surface area (Å²) in [7, 11) is 0. The van der Waals surface area contributed by atoms with Crippen molar-refractivity contribution in [3.8, 4) is 11.3 Å². The van der Waals surface area contributed by atoms with E-state index in [1.807, 2.05) is 65.5 Å². The minimum atomic E-state index is -0.266. The maximum Gasteiger partial charge on any atom is 0.206 e. The van der Waals surface area contributed by atoms with E-state index in [9.17, 15) is 4.39 Å². The van der Waals surface area contributed by atoms with E-state index >= 15 is 0 Å². The number of thiazole rings is 1. The molecule has 0 saturated heterocycles. The van der Waals surface area contributed by atoms with Crippen LogP contribution < -0.4 is 4.80 Å². The van der Waals surface area contributed by atoms with Crippen LogP contribution in [0, 0.1) is 5.82 Å². The minimum absolute atomic E-state index is 0.266. The van der Waals surface area contributed by atoms with Crippen molar-refractivity contribution in [3.05, 3.63) is 106 Å². The molecule has 29 heavy (non-hydrogen) atoms. The smallest absolute Gasteiger partial charge is 0.206 e. The molecule has 0 atom stereocenters. The zero-order valence-corrected chi connectivity index (χ0v) is 16.7. The Morgan fingerprint density at radius 3 is 2.48 bits per heavy atom. The maximum atomic E-state index is 13.4. The van der Waals surface area contributed by atoms with Crippen LogP contribution in [0.2, 0.25) is 0 Å². The van der Waals surface area contributed by atoms with Gasteiger partial charge in [-0.3, -0.25) is 9.98 Å². The molecule has 2 aromatic carbocycles. The van der Waals surface area contributed by atoms with Gasteiger partial charge in [-0.25, -0.2) is 9.07 Å². The molecule has 0 unspecified atom stereocenters. The topological polar surface area (TPSA) is 42.5 Å². The molecule has 4 nitrogen and oxygen atoms in total. The monoisotopic (exact) mass is 402 g/mol. The van der Waals surface area contributed by atoms with Gasteiger partial charge in [0.2, 0.25) is 4.80 Å². The molecule has 0 spiro atoms. The van der Waals surface area contributed by atoms with E-state index in [0.717, 1.165) is 33.0 Å². The molecule has 0 aliphatic heterocycles. The van der Waals surface area contributed by atoms with Gasteiger partial charge in [-0.15, -0.1) is 11.3 Å². The van der Waals surface area contributed by atoms with Crippen molar-refractivity contribution in [2.24, 2.45) is 10.1 Å². The summed E-state index contributed by atoms with van der Waals surface area (Å²) in [5, 5.41) is 6.79. The van der Waals surface area contributed by atoms with Crippen molar-refractivity contribution < 1.29 is 4.39 Å². The summed E-state index contributed by atoms with van der Waals surface area (Å²) >= 11 is 1.51. The molecule has 2 heterocycles. The van der Waals surface area contributed by atoms with Crippen molar-refractivity contribution in [1.82, 2.24) is 9.66 Å². The van der Waals surface area contributed by atoms with E-state index in [2.05, 4.69) is 4.98 Å². The van der Waals surface area contributed by atoms with Gasteiger partial charge in [0.15, 0.2) is 0 Å². The average molecular weight is 402 g/mol. The Morgan fingerprint density at radius 1 is 1.00 bits per heavy atom. The first-order valence-corrected chi connectivity index (χ1v) is 10.1. The minimum Gasteiger partial charge on any atom is -0.255 e. The van der Waals surface area contributed by atoms with Gasteiger partial charge < -0.3 is 0 Å². The first kappa shape index (κ1) is 19.0. The van der Waals surface area contributed by atoms with Crippen LogP contribution in [0.15, 0.2) is 94.5 Å². The predicted octanol–water partition coefficient (Wildman–Crippen LogP) is 5.12. The summed E-state index contributed by atoms with van der Waals surface area (Å²) in [6.07, 6.45) is 1.74. The number of benzene rings is 2. The molecule has 2 aromatic heterocycles. The number of halogens is 1. The van der Waals surface area contributed by atoms with E-state index in [1.165, 1.54) is 23.5 Å². The first-order chi connectivity index (χ1) is 14.2. The molecule has 6 heteroatoms. The van der Waals surface area contributed by atoms with Crippen LogP contribution in [-0.4, -0.2) is 15.4 Å². The van der Waals surface area contributed by atoms with Crippen LogP contribution in [0.3, 0.4) is 0 Å². The number of nitrogens with zero attached hydrogens (tertiary/aromatic N) is 4. The Balaban J connectivity index is 1.80. The molecular weight excluding hydrogens is 383 g/mol. The molecule has 144 valence electrons. The molecule has 0 N–H and O–H groups in total. The third-order valence-corrected chi connectivity index (χ3v) is 5.20.